The van der Waals surface area contributed by atoms with E-state index in [1.807, 2.05) is 12.1 Å². The first-order valence-corrected chi connectivity index (χ1v) is 11.2. The summed E-state index contributed by atoms with van der Waals surface area (Å²) in [7, 11) is 3.09. The Balaban J connectivity index is 1.73. The average molecular weight is 481 g/mol. The van der Waals surface area contributed by atoms with Gasteiger partial charge in [0.25, 0.3) is 5.91 Å². The molecular formula is C26H28N2O7. The molecule has 0 fully saturated rings. The standard InChI is InChI=1S/C26H28N2O7/c1-4-34-25(30)10-7-13-27-24(29)16-35-26(31)19-15-21(28-20-9-6-5-8-18(19)20)17-11-12-22(32-2)23(14-17)33-3/h5-6,8-9,11-12,14-15H,4,7,10,13,16H2,1-3H3,(H,27,29). The maximum absolute atomic E-state index is 12.9. The molecule has 1 heterocycles. The molecule has 0 bridgehead atoms. The van der Waals surface area contributed by atoms with Gasteiger partial charge in [-0.1, -0.05) is 18.2 Å². The Morgan fingerprint density at radius 3 is 2.46 bits per heavy atom. The third-order valence-corrected chi connectivity index (χ3v) is 5.13. The molecule has 9 heteroatoms. The maximum Gasteiger partial charge on any atom is 0.339 e. The molecule has 184 valence electrons. The van der Waals surface area contributed by atoms with Gasteiger partial charge >= 0.3 is 11.9 Å². The van der Waals surface area contributed by atoms with Gasteiger partial charge in [-0.05, 0) is 43.7 Å². The Morgan fingerprint density at radius 2 is 1.71 bits per heavy atom. The van der Waals surface area contributed by atoms with Crippen molar-refractivity contribution in [2.75, 3.05) is 34.0 Å². The fourth-order valence-electron chi connectivity index (χ4n) is 3.44. The van der Waals surface area contributed by atoms with Gasteiger partial charge in [-0.25, -0.2) is 9.78 Å². The molecule has 3 rings (SSSR count). The van der Waals surface area contributed by atoms with Crippen molar-refractivity contribution >= 4 is 28.7 Å². The van der Waals surface area contributed by atoms with E-state index < -0.39 is 18.5 Å². The number of esters is 2. The number of rotatable bonds is 11. The van der Waals surface area contributed by atoms with E-state index in [9.17, 15) is 14.4 Å². The molecule has 0 aliphatic rings. The van der Waals surface area contributed by atoms with Crippen molar-refractivity contribution in [3.8, 4) is 22.8 Å². The summed E-state index contributed by atoms with van der Waals surface area (Å²) in [4.78, 5) is 41.0. The summed E-state index contributed by atoms with van der Waals surface area (Å²) in [5, 5.41) is 3.23. The molecule has 0 aliphatic heterocycles. The van der Waals surface area contributed by atoms with Crippen LogP contribution in [-0.2, 0) is 19.1 Å². The monoisotopic (exact) mass is 480 g/mol. The van der Waals surface area contributed by atoms with E-state index in [-0.39, 0.29) is 24.5 Å². The summed E-state index contributed by atoms with van der Waals surface area (Å²) < 4.78 is 20.8. The molecule has 0 spiro atoms. The van der Waals surface area contributed by atoms with Crippen molar-refractivity contribution in [2.24, 2.45) is 0 Å². The summed E-state index contributed by atoms with van der Waals surface area (Å²) >= 11 is 0. The zero-order valence-corrected chi connectivity index (χ0v) is 20.0. The number of nitrogens with one attached hydrogen (secondary N) is 1. The first-order chi connectivity index (χ1) is 17.0. The highest BCUT2D eigenvalue weighted by atomic mass is 16.5. The quantitative estimate of drug-likeness (QED) is 0.328. The Hall–Kier alpha value is -4.14. The van der Waals surface area contributed by atoms with Crippen molar-refractivity contribution in [2.45, 2.75) is 19.8 Å². The molecule has 9 nitrogen and oxygen atoms in total. The Bertz CT molecular complexity index is 1210. The van der Waals surface area contributed by atoms with Crippen molar-refractivity contribution in [3.05, 3.63) is 54.1 Å². The van der Waals surface area contributed by atoms with Crippen molar-refractivity contribution in [1.82, 2.24) is 10.3 Å². The number of carbonyl (C=O) groups is 3. The lowest BCUT2D eigenvalue weighted by Gasteiger charge is -2.12. The molecule has 0 unspecified atom stereocenters. The van der Waals surface area contributed by atoms with Crippen LogP contribution in [0, 0.1) is 0 Å². The summed E-state index contributed by atoms with van der Waals surface area (Å²) in [6.45, 7) is 1.88. The van der Waals surface area contributed by atoms with Crippen molar-refractivity contribution < 1.29 is 33.3 Å². The Morgan fingerprint density at radius 1 is 0.943 bits per heavy atom. The second-order valence-corrected chi connectivity index (χ2v) is 7.48. The highest BCUT2D eigenvalue weighted by molar-refractivity contribution is 6.05. The number of nitrogens with zero attached hydrogens (tertiary/aromatic N) is 1. The minimum atomic E-state index is -0.646. The largest absolute Gasteiger partial charge is 0.493 e. The molecule has 2 aromatic carbocycles. The van der Waals surface area contributed by atoms with Crippen LogP contribution in [0.2, 0.25) is 0 Å². The predicted molar refractivity (Wildman–Crippen MR) is 129 cm³/mol. The van der Waals surface area contributed by atoms with Gasteiger partial charge in [-0.2, -0.15) is 0 Å². The fourth-order valence-corrected chi connectivity index (χ4v) is 3.44. The predicted octanol–water partition coefficient (Wildman–Crippen LogP) is 3.54. The van der Waals surface area contributed by atoms with Gasteiger partial charge in [0.15, 0.2) is 18.1 Å². The van der Waals surface area contributed by atoms with Gasteiger partial charge in [-0.15, -0.1) is 0 Å². The van der Waals surface area contributed by atoms with Gasteiger partial charge in [-0.3, -0.25) is 9.59 Å². The molecule has 1 aromatic heterocycles. The van der Waals surface area contributed by atoms with E-state index in [0.717, 1.165) is 5.56 Å². The van der Waals surface area contributed by atoms with Gasteiger partial charge in [0.05, 0.1) is 37.6 Å². The number of hydrogen-bond acceptors (Lipinski definition) is 8. The molecule has 3 aromatic rings. The maximum atomic E-state index is 12.9. The molecule has 0 aliphatic carbocycles. The average Bonchev–Trinajstić information content (AvgIpc) is 2.88. The van der Waals surface area contributed by atoms with Crippen LogP contribution >= 0.6 is 0 Å². The number of fused-ring (bicyclic) bond motifs is 1. The second kappa shape index (κ2) is 12.4. The zero-order valence-electron chi connectivity index (χ0n) is 20.0. The third-order valence-electron chi connectivity index (χ3n) is 5.13. The molecule has 1 amide bonds. The van der Waals surface area contributed by atoms with Crippen LogP contribution in [0.1, 0.15) is 30.1 Å². The molecule has 0 radical (unpaired) electrons. The number of carbonyl (C=O) groups excluding carboxylic acids is 3. The number of aromatic nitrogens is 1. The molecule has 0 saturated carbocycles. The summed E-state index contributed by atoms with van der Waals surface area (Å²) in [6.07, 6.45) is 0.637. The molecule has 1 N–H and O–H groups in total. The summed E-state index contributed by atoms with van der Waals surface area (Å²) in [5.74, 6) is -0.315. The first kappa shape index (κ1) is 25.5. The lowest BCUT2D eigenvalue weighted by atomic mass is 10.0. The number of methoxy groups -OCH3 is 2. The van der Waals surface area contributed by atoms with Gasteiger partial charge in [0.2, 0.25) is 0 Å². The molecule has 0 atom stereocenters. The van der Waals surface area contributed by atoms with E-state index in [2.05, 4.69) is 10.3 Å². The number of hydrogen-bond donors (Lipinski definition) is 1. The van der Waals surface area contributed by atoms with E-state index in [1.165, 1.54) is 0 Å². The molecular weight excluding hydrogens is 452 g/mol. The van der Waals surface area contributed by atoms with Gasteiger partial charge in [0, 0.05) is 23.9 Å². The topological polar surface area (TPSA) is 113 Å². The smallest absolute Gasteiger partial charge is 0.339 e. The molecule has 0 saturated heterocycles. The van der Waals surface area contributed by atoms with Crippen LogP contribution < -0.4 is 14.8 Å². The Labute approximate surface area is 203 Å². The van der Waals surface area contributed by atoms with Crippen LogP contribution in [0.15, 0.2) is 48.5 Å². The minimum Gasteiger partial charge on any atom is -0.493 e. The van der Waals surface area contributed by atoms with E-state index in [4.69, 9.17) is 18.9 Å². The van der Waals surface area contributed by atoms with Crippen LogP contribution in [-0.4, -0.2) is 56.8 Å². The zero-order chi connectivity index (χ0) is 25.2. The summed E-state index contributed by atoms with van der Waals surface area (Å²) in [6, 6.07) is 14.2. The van der Waals surface area contributed by atoms with Gasteiger partial charge in [0.1, 0.15) is 0 Å². The third kappa shape index (κ3) is 6.69. The normalized spacial score (nSPS) is 10.5. The van der Waals surface area contributed by atoms with E-state index >= 15 is 0 Å². The lowest BCUT2D eigenvalue weighted by Crippen LogP contribution is -2.30. The number of para-hydroxylation sites is 1. The fraction of sp³-hybridized carbons (Fsp3) is 0.308. The first-order valence-electron chi connectivity index (χ1n) is 11.2. The highest BCUT2D eigenvalue weighted by Crippen LogP contribution is 2.33. The SMILES string of the molecule is CCOC(=O)CCCNC(=O)COC(=O)c1cc(-c2ccc(OC)c(OC)c2)nc2ccccc12. The van der Waals surface area contributed by atoms with Crippen LogP contribution in [0.4, 0.5) is 0 Å². The summed E-state index contributed by atoms with van der Waals surface area (Å²) in [5.41, 5.74) is 2.16. The van der Waals surface area contributed by atoms with E-state index in [0.29, 0.717) is 41.1 Å². The second-order valence-electron chi connectivity index (χ2n) is 7.48. The van der Waals surface area contributed by atoms with Crippen molar-refractivity contribution in [1.29, 1.82) is 0 Å². The molecule has 35 heavy (non-hydrogen) atoms. The number of pyridine rings is 1. The lowest BCUT2D eigenvalue weighted by molar-refractivity contribution is -0.143. The number of benzene rings is 2. The van der Waals surface area contributed by atoms with Crippen molar-refractivity contribution in [3.63, 3.8) is 0 Å². The highest BCUT2D eigenvalue weighted by Gasteiger charge is 2.17. The van der Waals surface area contributed by atoms with Crippen LogP contribution in [0.25, 0.3) is 22.2 Å². The van der Waals surface area contributed by atoms with E-state index in [1.54, 1.807) is 57.5 Å². The van der Waals surface area contributed by atoms with Gasteiger partial charge < -0.3 is 24.3 Å². The van der Waals surface area contributed by atoms with Crippen LogP contribution in [0.3, 0.4) is 0 Å². The Kier molecular flexibility index (Phi) is 9.00. The minimum absolute atomic E-state index is 0.204. The van der Waals surface area contributed by atoms with Crippen LogP contribution in [0.5, 0.6) is 11.5 Å². The number of ether oxygens (including phenoxy) is 4. The number of amides is 1.